The lowest BCUT2D eigenvalue weighted by Gasteiger charge is -2.13. The van der Waals surface area contributed by atoms with Crippen LogP contribution in [0.15, 0.2) is 61.2 Å². The molecule has 2 nitrogen and oxygen atoms in total. The molecule has 0 aliphatic carbocycles. The Labute approximate surface area is 127 Å². The summed E-state index contributed by atoms with van der Waals surface area (Å²) in [5, 5.41) is 3.47. The van der Waals surface area contributed by atoms with Crippen LogP contribution in [-0.2, 0) is 6.54 Å². The van der Waals surface area contributed by atoms with Crippen LogP contribution >= 0.6 is 0 Å². The standard InChI is InChI=1S/C19H23NO/c1-4-12-21-19-11-6-5-8-17(19)14-20-18-10-7-9-16(13-18)15(2)3/h4-11,13,15,20H,1,12,14H2,2-3H3. The molecule has 0 atom stereocenters. The minimum Gasteiger partial charge on any atom is -0.489 e. The van der Waals surface area contributed by atoms with Crippen LogP contribution in [0, 0.1) is 0 Å². The molecule has 0 saturated heterocycles. The Hall–Kier alpha value is -2.22. The van der Waals surface area contributed by atoms with Gasteiger partial charge in [0.05, 0.1) is 0 Å². The van der Waals surface area contributed by atoms with E-state index in [4.69, 9.17) is 4.74 Å². The summed E-state index contributed by atoms with van der Waals surface area (Å²) in [7, 11) is 0. The third kappa shape index (κ3) is 4.38. The quantitative estimate of drug-likeness (QED) is 0.722. The average Bonchev–Trinajstić information content (AvgIpc) is 2.52. The Morgan fingerprint density at radius 3 is 2.71 bits per heavy atom. The molecule has 110 valence electrons. The second-order valence-corrected chi connectivity index (χ2v) is 5.34. The summed E-state index contributed by atoms with van der Waals surface area (Å²) in [6.07, 6.45) is 1.76. The van der Waals surface area contributed by atoms with E-state index < -0.39 is 0 Å². The van der Waals surface area contributed by atoms with Crippen LogP contribution in [-0.4, -0.2) is 6.61 Å². The largest absolute Gasteiger partial charge is 0.489 e. The van der Waals surface area contributed by atoms with Crippen LogP contribution in [0.25, 0.3) is 0 Å². The van der Waals surface area contributed by atoms with Crippen LogP contribution in [0.1, 0.15) is 30.9 Å². The first kappa shape index (κ1) is 15.2. The fraction of sp³-hybridized carbons (Fsp3) is 0.263. The highest BCUT2D eigenvalue weighted by Gasteiger charge is 2.04. The molecule has 0 saturated carbocycles. The van der Waals surface area contributed by atoms with Crippen molar-refractivity contribution in [3.63, 3.8) is 0 Å². The fourth-order valence-corrected chi connectivity index (χ4v) is 2.14. The van der Waals surface area contributed by atoms with Crippen molar-refractivity contribution in [2.75, 3.05) is 11.9 Å². The molecule has 0 fully saturated rings. The summed E-state index contributed by atoms with van der Waals surface area (Å²) in [6.45, 7) is 9.37. The average molecular weight is 281 g/mol. The number of ether oxygens (including phenoxy) is 1. The first-order chi connectivity index (χ1) is 10.2. The van der Waals surface area contributed by atoms with E-state index in [0.29, 0.717) is 12.5 Å². The topological polar surface area (TPSA) is 21.3 Å². The molecular formula is C19H23NO. The second kappa shape index (κ2) is 7.53. The van der Waals surface area contributed by atoms with Gasteiger partial charge in [-0.25, -0.2) is 0 Å². The van der Waals surface area contributed by atoms with Crippen LogP contribution in [0.2, 0.25) is 0 Å². The molecule has 0 bridgehead atoms. The molecular weight excluding hydrogens is 258 g/mol. The van der Waals surface area contributed by atoms with Crippen LogP contribution < -0.4 is 10.1 Å². The zero-order valence-corrected chi connectivity index (χ0v) is 12.8. The zero-order chi connectivity index (χ0) is 15.1. The second-order valence-electron chi connectivity index (χ2n) is 5.34. The van der Waals surface area contributed by atoms with Crippen LogP contribution in [0.3, 0.4) is 0 Å². The molecule has 2 aromatic rings. The van der Waals surface area contributed by atoms with E-state index in [1.165, 1.54) is 5.56 Å². The zero-order valence-electron chi connectivity index (χ0n) is 12.8. The maximum absolute atomic E-state index is 5.68. The molecule has 0 amide bonds. The molecule has 0 aromatic heterocycles. The van der Waals surface area contributed by atoms with Crippen molar-refractivity contribution in [3.8, 4) is 5.75 Å². The van der Waals surface area contributed by atoms with Gasteiger partial charge in [0, 0.05) is 17.8 Å². The Morgan fingerprint density at radius 1 is 1.14 bits per heavy atom. The van der Waals surface area contributed by atoms with Gasteiger partial charge >= 0.3 is 0 Å². The molecule has 2 rings (SSSR count). The molecule has 0 aliphatic rings. The first-order valence-corrected chi connectivity index (χ1v) is 7.36. The Kier molecular flexibility index (Phi) is 5.44. The summed E-state index contributed by atoms with van der Waals surface area (Å²) in [5.74, 6) is 1.44. The fourth-order valence-electron chi connectivity index (χ4n) is 2.14. The maximum atomic E-state index is 5.68. The van der Waals surface area contributed by atoms with Gasteiger partial charge in [0.15, 0.2) is 0 Å². The minimum absolute atomic E-state index is 0.528. The van der Waals surface area contributed by atoms with E-state index in [0.717, 1.165) is 23.5 Å². The lowest BCUT2D eigenvalue weighted by atomic mass is 10.0. The molecule has 2 aromatic carbocycles. The molecule has 0 heterocycles. The summed E-state index contributed by atoms with van der Waals surface area (Å²) >= 11 is 0. The molecule has 1 N–H and O–H groups in total. The highest BCUT2D eigenvalue weighted by Crippen LogP contribution is 2.22. The summed E-state index contributed by atoms with van der Waals surface area (Å²) < 4.78 is 5.68. The highest BCUT2D eigenvalue weighted by molar-refractivity contribution is 5.48. The van der Waals surface area contributed by atoms with E-state index >= 15 is 0 Å². The van der Waals surface area contributed by atoms with Gasteiger partial charge in [0.1, 0.15) is 12.4 Å². The van der Waals surface area contributed by atoms with Gasteiger partial charge in [-0.05, 0) is 29.7 Å². The van der Waals surface area contributed by atoms with Crippen LogP contribution in [0.4, 0.5) is 5.69 Å². The number of hydrogen-bond acceptors (Lipinski definition) is 2. The summed E-state index contributed by atoms with van der Waals surface area (Å²) in [5.41, 5.74) is 3.63. The number of rotatable bonds is 7. The van der Waals surface area contributed by atoms with Crippen molar-refractivity contribution in [2.24, 2.45) is 0 Å². The van der Waals surface area contributed by atoms with E-state index in [1.807, 2.05) is 18.2 Å². The first-order valence-electron chi connectivity index (χ1n) is 7.36. The lowest BCUT2D eigenvalue weighted by molar-refractivity contribution is 0.359. The van der Waals surface area contributed by atoms with Crippen molar-refractivity contribution < 1.29 is 4.74 Å². The summed E-state index contributed by atoms with van der Waals surface area (Å²) in [4.78, 5) is 0. The third-order valence-corrected chi connectivity index (χ3v) is 3.37. The number of benzene rings is 2. The molecule has 0 spiro atoms. The predicted molar refractivity (Wildman–Crippen MR) is 90.0 cm³/mol. The predicted octanol–water partition coefficient (Wildman–Crippen LogP) is 4.99. The Balaban J connectivity index is 2.06. The molecule has 2 heteroatoms. The number of hydrogen-bond donors (Lipinski definition) is 1. The summed E-state index contributed by atoms with van der Waals surface area (Å²) in [6, 6.07) is 16.7. The Morgan fingerprint density at radius 2 is 1.95 bits per heavy atom. The highest BCUT2D eigenvalue weighted by atomic mass is 16.5. The van der Waals surface area contributed by atoms with E-state index in [1.54, 1.807) is 6.08 Å². The molecule has 0 radical (unpaired) electrons. The van der Waals surface area contributed by atoms with E-state index in [-0.39, 0.29) is 0 Å². The minimum atomic E-state index is 0.528. The van der Waals surface area contributed by atoms with Gasteiger partial charge in [-0.1, -0.05) is 56.8 Å². The smallest absolute Gasteiger partial charge is 0.124 e. The van der Waals surface area contributed by atoms with Gasteiger partial charge < -0.3 is 10.1 Å². The normalized spacial score (nSPS) is 10.4. The maximum Gasteiger partial charge on any atom is 0.124 e. The van der Waals surface area contributed by atoms with Crippen molar-refractivity contribution in [1.29, 1.82) is 0 Å². The monoisotopic (exact) mass is 281 g/mol. The lowest BCUT2D eigenvalue weighted by Crippen LogP contribution is -2.03. The number of nitrogens with one attached hydrogen (secondary N) is 1. The molecule has 0 aliphatic heterocycles. The SMILES string of the molecule is C=CCOc1ccccc1CNc1cccc(C(C)C)c1. The van der Waals surface area contributed by atoms with Gasteiger partial charge in [-0.2, -0.15) is 0 Å². The van der Waals surface area contributed by atoms with Crippen molar-refractivity contribution in [2.45, 2.75) is 26.3 Å². The Bertz CT molecular complexity index is 590. The van der Waals surface area contributed by atoms with E-state index in [2.05, 4.69) is 56.1 Å². The van der Waals surface area contributed by atoms with E-state index in [9.17, 15) is 0 Å². The van der Waals surface area contributed by atoms with Crippen molar-refractivity contribution in [3.05, 3.63) is 72.3 Å². The van der Waals surface area contributed by atoms with Gasteiger partial charge in [-0.15, -0.1) is 0 Å². The van der Waals surface area contributed by atoms with Gasteiger partial charge in [0.25, 0.3) is 0 Å². The van der Waals surface area contributed by atoms with Gasteiger partial charge in [-0.3, -0.25) is 0 Å². The number of para-hydroxylation sites is 1. The van der Waals surface area contributed by atoms with Crippen LogP contribution in [0.5, 0.6) is 5.75 Å². The van der Waals surface area contributed by atoms with Crippen molar-refractivity contribution >= 4 is 5.69 Å². The molecule has 21 heavy (non-hydrogen) atoms. The molecule has 0 unspecified atom stereocenters. The third-order valence-electron chi connectivity index (χ3n) is 3.37. The number of anilines is 1. The van der Waals surface area contributed by atoms with Gasteiger partial charge in [0.2, 0.25) is 0 Å². The van der Waals surface area contributed by atoms with Crippen molar-refractivity contribution in [1.82, 2.24) is 0 Å².